The molecule has 0 saturated carbocycles. The summed E-state index contributed by atoms with van der Waals surface area (Å²) >= 11 is 0. The molecule has 0 aliphatic rings. The molecule has 2 aromatic carbocycles. The highest BCUT2D eigenvalue weighted by molar-refractivity contribution is 7.88. The number of nitrogens with one attached hydrogen (secondary N) is 1. The number of carbonyl (C=O) groups excluding carboxylic acids is 1. The number of hydrogen-bond donors (Lipinski definition) is 2. The summed E-state index contributed by atoms with van der Waals surface area (Å²) in [6, 6.07) is 15.5. The molecule has 6 nitrogen and oxygen atoms in total. The first-order chi connectivity index (χ1) is 11.4. The SMILES string of the molecule is NS(=O)(=O)Cc1ccc(NC(=O)c2ccc3ncccc3c2)cc1. The van der Waals surface area contributed by atoms with E-state index >= 15 is 0 Å². The lowest BCUT2D eigenvalue weighted by Crippen LogP contribution is -2.15. The Bertz CT molecular complexity index is 999. The van der Waals surface area contributed by atoms with Crippen molar-refractivity contribution >= 4 is 32.5 Å². The molecule has 7 heteroatoms. The Kier molecular flexibility index (Phi) is 4.28. The van der Waals surface area contributed by atoms with E-state index in [-0.39, 0.29) is 11.7 Å². The van der Waals surface area contributed by atoms with Crippen LogP contribution < -0.4 is 10.5 Å². The summed E-state index contributed by atoms with van der Waals surface area (Å²) in [7, 11) is -3.57. The Morgan fingerprint density at radius 1 is 1.08 bits per heavy atom. The van der Waals surface area contributed by atoms with Gasteiger partial charge in [0.05, 0.1) is 11.3 Å². The van der Waals surface area contributed by atoms with E-state index in [0.717, 1.165) is 10.9 Å². The molecule has 1 aromatic heterocycles. The number of rotatable bonds is 4. The minimum Gasteiger partial charge on any atom is -0.322 e. The lowest BCUT2D eigenvalue weighted by Gasteiger charge is -2.07. The molecule has 3 aromatic rings. The Morgan fingerprint density at radius 3 is 2.54 bits per heavy atom. The van der Waals surface area contributed by atoms with Gasteiger partial charge in [-0.05, 0) is 42.0 Å². The topological polar surface area (TPSA) is 102 Å². The van der Waals surface area contributed by atoms with Gasteiger partial charge in [-0.3, -0.25) is 9.78 Å². The number of anilines is 1. The van der Waals surface area contributed by atoms with Crippen LogP contribution in [0.5, 0.6) is 0 Å². The summed E-state index contributed by atoms with van der Waals surface area (Å²) in [5.74, 6) is -0.487. The Balaban J connectivity index is 1.76. The van der Waals surface area contributed by atoms with Gasteiger partial charge in [0.15, 0.2) is 0 Å². The number of sulfonamides is 1. The molecule has 0 spiro atoms. The number of hydrogen-bond acceptors (Lipinski definition) is 4. The number of carbonyl (C=O) groups is 1. The molecule has 1 amide bonds. The second kappa shape index (κ2) is 6.38. The minimum atomic E-state index is -3.57. The standard InChI is InChI=1S/C17H15N3O3S/c18-24(22,23)11-12-3-6-15(7-4-12)20-17(21)14-5-8-16-13(10-14)2-1-9-19-16/h1-10H,11H2,(H,20,21)(H2,18,22,23). The summed E-state index contributed by atoms with van der Waals surface area (Å²) in [6.45, 7) is 0. The molecule has 0 saturated heterocycles. The summed E-state index contributed by atoms with van der Waals surface area (Å²) in [6.07, 6.45) is 1.70. The van der Waals surface area contributed by atoms with Crippen molar-refractivity contribution in [2.45, 2.75) is 5.75 Å². The smallest absolute Gasteiger partial charge is 0.255 e. The normalized spacial score (nSPS) is 11.4. The molecule has 24 heavy (non-hydrogen) atoms. The van der Waals surface area contributed by atoms with Crippen LogP contribution in [0.25, 0.3) is 10.9 Å². The van der Waals surface area contributed by atoms with Crippen molar-refractivity contribution in [2.24, 2.45) is 5.14 Å². The van der Waals surface area contributed by atoms with E-state index < -0.39 is 10.0 Å². The van der Waals surface area contributed by atoms with E-state index in [0.29, 0.717) is 16.8 Å². The van der Waals surface area contributed by atoms with Crippen LogP contribution in [0.1, 0.15) is 15.9 Å². The summed E-state index contributed by atoms with van der Waals surface area (Å²) < 4.78 is 22.1. The predicted molar refractivity (Wildman–Crippen MR) is 92.9 cm³/mol. The zero-order valence-electron chi connectivity index (χ0n) is 12.6. The number of fused-ring (bicyclic) bond motifs is 1. The monoisotopic (exact) mass is 341 g/mol. The molecule has 0 aliphatic heterocycles. The average molecular weight is 341 g/mol. The van der Waals surface area contributed by atoms with Crippen LogP contribution in [0.15, 0.2) is 60.8 Å². The fraction of sp³-hybridized carbons (Fsp3) is 0.0588. The highest BCUT2D eigenvalue weighted by Crippen LogP contribution is 2.16. The fourth-order valence-electron chi connectivity index (χ4n) is 2.34. The molecule has 0 bridgehead atoms. The summed E-state index contributed by atoms with van der Waals surface area (Å²) in [4.78, 5) is 16.5. The van der Waals surface area contributed by atoms with Crippen LogP contribution in [0, 0.1) is 0 Å². The zero-order chi connectivity index (χ0) is 17.2. The van der Waals surface area contributed by atoms with Crippen LogP contribution in [0.3, 0.4) is 0 Å². The largest absolute Gasteiger partial charge is 0.322 e. The third-order valence-corrected chi connectivity index (χ3v) is 4.18. The van der Waals surface area contributed by atoms with E-state index in [1.54, 1.807) is 48.7 Å². The van der Waals surface area contributed by atoms with Crippen molar-refractivity contribution in [3.63, 3.8) is 0 Å². The second-order valence-electron chi connectivity index (χ2n) is 5.37. The van der Waals surface area contributed by atoms with E-state index in [1.165, 1.54) is 0 Å². The number of primary sulfonamides is 1. The average Bonchev–Trinajstić information content (AvgIpc) is 2.55. The zero-order valence-corrected chi connectivity index (χ0v) is 13.5. The summed E-state index contributed by atoms with van der Waals surface area (Å²) in [5, 5.41) is 8.66. The molecule has 0 aliphatic carbocycles. The summed E-state index contributed by atoms with van der Waals surface area (Å²) in [5.41, 5.74) is 2.47. The third-order valence-electron chi connectivity index (χ3n) is 3.44. The van der Waals surface area contributed by atoms with Crippen LogP contribution in [0.4, 0.5) is 5.69 Å². The Labute approximate surface area is 139 Å². The lowest BCUT2D eigenvalue weighted by molar-refractivity contribution is 0.102. The van der Waals surface area contributed by atoms with Crippen molar-refractivity contribution < 1.29 is 13.2 Å². The minimum absolute atomic E-state index is 0.237. The highest BCUT2D eigenvalue weighted by atomic mass is 32.2. The fourth-order valence-corrected chi connectivity index (χ4v) is 2.99. The van der Waals surface area contributed by atoms with Gasteiger partial charge in [0.1, 0.15) is 0 Å². The van der Waals surface area contributed by atoms with Gasteiger partial charge in [-0.2, -0.15) is 0 Å². The highest BCUT2D eigenvalue weighted by Gasteiger charge is 2.08. The van der Waals surface area contributed by atoms with Gasteiger partial charge < -0.3 is 5.32 Å². The first-order valence-electron chi connectivity index (χ1n) is 7.16. The van der Waals surface area contributed by atoms with Crippen LogP contribution in [-0.4, -0.2) is 19.3 Å². The molecule has 0 unspecified atom stereocenters. The van der Waals surface area contributed by atoms with E-state index in [1.807, 2.05) is 12.1 Å². The Hall–Kier alpha value is -2.77. The van der Waals surface area contributed by atoms with Gasteiger partial charge in [-0.1, -0.05) is 18.2 Å². The maximum Gasteiger partial charge on any atom is 0.255 e. The van der Waals surface area contributed by atoms with Crippen LogP contribution >= 0.6 is 0 Å². The Morgan fingerprint density at radius 2 is 1.83 bits per heavy atom. The van der Waals surface area contributed by atoms with Crippen molar-refractivity contribution in [1.82, 2.24) is 4.98 Å². The lowest BCUT2D eigenvalue weighted by atomic mass is 10.1. The van der Waals surface area contributed by atoms with E-state index in [2.05, 4.69) is 10.3 Å². The number of nitrogens with two attached hydrogens (primary N) is 1. The second-order valence-corrected chi connectivity index (χ2v) is 6.98. The van der Waals surface area contributed by atoms with Crippen molar-refractivity contribution in [1.29, 1.82) is 0 Å². The number of aromatic nitrogens is 1. The molecule has 0 fully saturated rings. The molecular weight excluding hydrogens is 326 g/mol. The van der Waals surface area contributed by atoms with Gasteiger partial charge in [0.2, 0.25) is 10.0 Å². The van der Waals surface area contributed by atoms with Gasteiger partial charge in [-0.15, -0.1) is 0 Å². The molecule has 0 radical (unpaired) electrons. The van der Waals surface area contributed by atoms with Crippen LogP contribution in [-0.2, 0) is 15.8 Å². The maximum atomic E-state index is 12.3. The van der Waals surface area contributed by atoms with E-state index in [9.17, 15) is 13.2 Å². The van der Waals surface area contributed by atoms with Crippen LogP contribution in [0.2, 0.25) is 0 Å². The molecule has 122 valence electrons. The van der Waals surface area contributed by atoms with Crippen molar-refractivity contribution in [3.05, 3.63) is 71.9 Å². The number of nitrogens with zero attached hydrogens (tertiary/aromatic N) is 1. The molecular formula is C17H15N3O3S. The van der Waals surface area contributed by atoms with Gasteiger partial charge >= 0.3 is 0 Å². The maximum absolute atomic E-state index is 12.3. The van der Waals surface area contributed by atoms with Crippen molar-refractivity contribution in [3.8, 4) is 0 Å². The number of amides is 1. The third kappa shape index (κ3) is 3.95. The first kappa shape index (κ1) is 16.1. The quantitative estimate of drug-likeness (QED) is 0.760. The predicted octanol–water partition coefficient (Wildman–Crippen LogP) is 2.28. The van der Waals surface area contributed by atoms with Gasteiger partial charge in [0, 0.05) is 22.8 Å². The van der Waals surface area contributed by atoms with Crippen molar-refractivity contribution in [2.75, 3.05) is 5.32 Å². The van der Waals surface area contributed by atoms with Gasteiger partial charge in [0.25, 0.3) is 5.91 Å². The molecule has 1 heterocycles. The molecule has 3 N–H and O–H groups in total. The first-order valence-corrected chi connectivity index (χ1v) is 8.88. The molecule has 0 atom stereocenters. The van der Waals surface area contributed by atoms with E-state index in [4.69, 9.17) is 5.14 Å². The van der Waals surface area contributed by atoms with Gasteiger partial charge in [-0.25, -0.2) is 13.6 Å². The molecule has 3 rings (SSSR count). The number of pyridine rings is 1. The number of benzene rings is 2.